The zero-order valence-electron chi connectivity index (χ0n) is 15.4. The van der Waals surface area contributed by atoms with Crippen LogP contribution in [0.2, 0.25) is 0 Å². The molecule has 4 rings (SSSR count). The van der Waals surface area contributed by atoms with Crippen molar-refractivity contribution in [3.63, 3.8) is 0 Å². The van der Waals surface area contributed by atoms with Crippen LogP contribution in [0.4, 0.5) is 0 Å². The molecule has 0 spiro atoms. The molecular formula is C21H27N3O. The second-order valence-corrected chi connectivity index (χ2v) is 7.35. The number of carbonyl (C=O) groups is 1. The average Bonchev–Trinajstić information content (AvgIpc) is 3.02. The number of nitrogens with zero attached hydrogens (tertiary/aromatic N) is 2. The summed E-state index contributed by atoms with van der Waals surface area (Å²) in [5, 5.41) is 1.37. The first-order chi connectivity index (χ1) is 12.1. The van der Waals surface area contributed by atoms with E-state index < -0.39 is 0 Å². The van der Waals surface area contributed by atoms with E-state index in [1.807, 2.05) is 4.90 Å². The Morgan fingerprint density at radius 2 is 2.12 bits per heavy atom. The van der Waals surface area contributed by atoms with Crippen molar-refractivity contribution in [2.45, 2.75) is 32.7 Å². The molecule has 2 unspecified atom stereocenters. The number of rotatable bonds is 4. The Morgan fingerprint density at radius 3 is 2.88 bits per heavy atom. The summed E-state index contributed by atoms with van der Waals surface area (Å²) in [6.45, 7) is 6.65. The van der Waals surface area contributed by atoms with Gasteiger partial charge in [0.25, 0.3) is 0 Å². The van der Waals surface area contributed by atoms with Crippen molar-refractivity contribution < 1.29 is 4.79 Å². The minimum Gasteiger partial charge on any atom is -0.361 e. The van der Waals surface area contributed by atoms with Gasteiger partial charge in [0.1, 0.15) is 0 Å². The summed E-state index contributed by atoms with van der Waals surface area (Å²) in [6, 6.07) is 6.94. The van der Waals surface area contributed by atoms with E-state index in [-0.39, 0.29) is 5.91 Å². The number of benzene rings is 1. The summed E-state index contributed by atoms with van der Waals surface area (Å²) >= 11 is 0. The minimum absolute atomic E-state index is 0.273. The highest BCUT2D eigenvalue weighted by atomic mass is 16.2. The zero-order chi connectivity index (χ0) is 17.6. The molecule has 1 aliphatic heterocycles. The number of likely N-dealkylation sites (N-methyl/N-ethyl adjacent to an activating group) is 1. The Bertz CT molecular complexity index is 831. The average molecular weight is 337 g/mol. The van der Waals surface area contributed by atoms with Crippen LogP contribution in [0.25, 0.3) is 16.5 Å². The Kier molecular flexibility index (Phi) is 4.16. The fourth-order valence-electron chi connectivity index (χ4n) is 4.61. The van der Waals surface area contributed by atoms with Crippen LogP contribution in [-0.4, -0.2) is 53.4 Å². The maximum Gasteiger partial charge on any atom is 0.223 e. The third kappa shape index (κ3) is 2.69. The molecular weight excluding hydrogens is 310 g/mol. The molecule has 2 aromatic rings. The first kappa shape index (κ1) is 16.4. The van der Waals surface area contributed by atoms with E-state index in [9.17, 15) is 4.79 Å². The Balaban J connectivity index is 1.69. The number of carbonyl (C=O) groups excluding carboxylic acids is 1. The topological polar surface area (TPSA) is 39.3 Å². The lowest BCUT2D eigenvalue weighted by atomic mass is 9.79. The zero-order valence-corrected chi connectivity index (χ0v) is 15.4. The van der Waals surface area contributed by atoms with Gasteiger partial charge in [-0.25, -0.2) is 0 Å². The fourth-order valence-corrected chi connectivity index (χ4v) is 4.61. The predicted molar refractivity (Wildman–Crippen MR) is 102 cm³/mol. The Hall–Kier alpha value is -2.07. The number of aromatic nitrogens is 1. The second kappa shape index (κ2) is 6.34. The van der Waals surface area contributed by atoms with Gasteiger partial charge in [0, 0.05) is 49.2 Å². The molecule has 0 bridgehead atoms. The fraction of sp³-hybridized carbons (Fsp3) is 0.476. The quantitative estimate of drug-likeness (QED) is 0.930. The van der Waals surface area contributed by atoms with Crippen molar-refractivity contribution in [1.82, 2.24) is 14.8 Å². The van der Waals surface area contributed by atoms with Gasteiger partial charge in [-0.15, -0.1) is 0 Å². The molecule has 2 heterocycles. The molecule has 0 radical (unpaired) electrons. The maximum atomic E-state index is 12.6. The maximum absolute atomic E-state index is 12.6. The molecule has 0 saturated carbocycles. The SMILES string of the molecule is CCN(CC)C(=O)CC1C=C2c3cccc4[nH]cc(c34)CC2N(C)C1. The normalized spacial score (nSPS) is 22.6. The molecule has 0 saturated heterocycles. The standard InChI is InChI=1S/C21H27N3O/c1-4-24(5-2)20(25)10-14-9-17-16-7-6-8-18-21(16)15(12-22-18)11-19(17)23(3)13-14/h6-9,12,14,19,22H,4-5,10-11,13H2,1-3H3. The molecule has 4 nitrogen and oxygen atoms in total. The van der Waals surface area contributed by atoms with E-state index in [4.69, 9.17) is 0 Å². The van der Waals surface area contributed by atoms with Gasteiger partial charge in [-0.2, -0.15) is 0 Å². The Morgan fingerprint density at radius 1 is 1.32 bits per heavy atom. The molecule has 1 amide bonds. The summed E-state index contributed by atoms with van der Waals surface area (Å²) in [6.07, 6.45) is 6.21. The van der Waals surface area contributed by atoms with E-state index in [2.05, 4.69) is 61.3 Å². The minimum atomic E-state index is 0.273. The van der Waals surface area contributed by atoms with Gasteiger partial charge >= 0.3 is 0 Å². The van der Waals surface area contributed by atoms with Crippen molar-refractivity contribution in [1.29, 1.82) is 0 Å². The summed E-state index contributed by atoms with van der Waals surface area (Å²) in [7, 11) is 2.20. The van der Waals surface area contributed by atoms with Crippen LogP contribution in [0.15, 0.2) is 30.5 Å². The van der Waals surface area contributed by atoms with E-state index in [1.54, 1.807) is 0 Å². The molecule has 1 aromatic heterocycles. The lowest BCUT2D eigenvalue weighted by Crippen LogP contribution is -2.43. The van der Waals surface area contributed by atoms with Crippen LogP contribution >= 0.6 is 0 Å². The number of amides is 1. The predicted octanol–water partition coefficient (Wildman–Crippen LogP) is 3.30. The molecule has 132 valence electrons. The molecule has 1 aromatic carbocycles. The summed E-state index contributed by atoms with van der Waals surface area (Å²) in [5.74, 6) is 0.565. The van der Waals surface area contributed by atoms with E-state index in [0.717, 1.165) is 26.1 Å². The van der Waals surface area contributed by atoms with Crippen LogP contribution in [0.1, 0.15) is 31.4 Å². The van der Waals surface area contributed by atoms with E-state index in [0.29, 0.717) is 18.4 Å². The van der Waals surface area contributed by atoms with Gasteiger partial charge < -0.3 is 9.88 Å². The van der Waals surface area contributed by atoms with Crippen molar-refractivity contribution in [2.24, 2.45) is 5.92 Å². The van der Waals surface area contributed by atoms with E-state index in [1.165, 1.54) is 27.6 Å². The molecule has 0 fully saturated rings. The number of aromatic amines is 1. The highest BCUT2D eigenvalue weighted by Crippen LogP contribution is 2.41. The smallest absolute Gasteiger partial charge is 0.223 e. The van der Waals surface area contributed by atoms with Crippen molar-refractivity contribution in [3.8, 4) is 0 Å². The third-order valence-electron chi connectivity index (χ3n) is 5.89. The highest BCUT2D eigenvalue weighted by Gasteiger charge is 2.34. The largest absolute Gasteiger partial charge is 0.361 e. The van der Waals surface area contributed by atoms with Crippen LogP contribution in [0, 0.1) is 5.92 Å². The highest BCUT2D eigenvalue weighted by molar-refractivity contribution is 5.98. The summed E-state index contributed by atoms with van der Waals surface area (Å²) in [4.78, 5) is 20.3. The first-order valence-corrected chi connectivity index (χ1v) is 9.41. The first-order valence-electron chi connectivity index (χ1n) is 9.41. The lowest BCUT2D eigenvalue weighted by molar-refractivity contribution is -0.131. The molecule has 25 heavy (non-hydrogen) atoms. The van der Waals surface area contributed by atoms with Gasteiger partial charge in [0.05, 0.1) is 0 Å². The third-order valence-corrected chi connectivity index (χ3v) is 5.89. The van der Waals surface area contributed by atoms with Crippen molar-refractivity contribution in [3.05, 3.63) is 41.6 Å². The van der Waals surface area contributed by atoms with Crippen LogP contribution < -0.4 is 0 Å². The van der Waals surface area contributed by atoms with Gasteiger partial charge in [0.2, 0.25) is 5.91 Å². The number of hydrogen-bond acceptors (Lipinski definition) is 2. The summed E-state index contributed by atoms with van der Waals surface area (Å²) < 4.78 is 0. The van der Waals surface area contributed by atoms with Crippen LogP contribution in [0.5, 0.6) is 0 Å². The van der Waals surface area contributed by atoms with Gasteiger partial charge in [-0.05, 0) is 56.0 Å². The molecule has 2 atom stereocenters. The van der Waals surface area contributed by atoms with Crippen LogP contribution in [-0.2, 0) is 11.2 Å². The molecule has 2 aliphatic rings. The summed E-state index contributed by atoms with van der Waals surface area (Å²) in [5.41, 5.74) is 5.38. The Labute approximate surface area is 149 Å². The van der Waals surface area contributed by atoms with Crippen molar-refractivity contribution >= 4 is 22.4 Å². The van der Waals surface area contributed by atoms with Gasteiger partial charge in [0.15, 0.2) is 0 Å². The van der Waals surface area contributed by atoms with Crippen molar-refractivity contribution in [2.75, 3.05) is 26.7 Å². The second-order valence-electron chi connectivity index (χ2n) is 7.35. The van der Waals surface area contributed by atoms with E-state index >= 15 is 0 Å². The number of fused-ring (bicyclic) bond motifs is 2. The monoisotopic (exact) mass is 337 g/mol. The molecule has 1 aliphatic carbocycles. The van der Waals surface area contributed by atoms with Gasteiger partial charge in [-0.1, -0.05) is 18.2 Å². The number of hydrogen-bond donors (Lipinski definition) is 1. The van der Waals surface area contributed by atoms with Gasteiger partial charge in [-0.3, -0.25) is 9.69 Å². The number of nitrogens with one attached hydrogen (secondary N) is 1. The van der Waals surface area contributed by atoms with Crippen LogP contribution in [0.3, 0.4) is 0 Å². The molecule has 1 N–H and O–H groups in total. The number of H-pyrrole nitrogens is 1. The molecule has 4 heteroatoms. The lowest BCUT2D eigenvalue weighted by Gasteiger charge is -2.40.